The predicted molar refractivity (Wildman–Crippen MR) is 71.2 cm³/mol. The first-order valence-corrected chi connectivity index (χ1v) is 6.03. The summed E-state index contributed by atoms with van der Waals surface area (Å²) in [4.78, 5) is 12.6. The molecule has 94 valence electrons. The van der Waals surface area contributed by atoms with Crippen LogP contribution in [0.3, 0.4) is 0 Å². The summed E-state index contributed by atoms with van der Waals surface area (Å²) in [6, 6.07) is 5.87. The Morgan fingerprint density at radius 3 is 2.89 bits per heavy atom. The Labute approximate surface area is 106 Å². The number of aromatic nitrogens is 3. The second-order valence-corrected chi connectivity index (χ2v) is 3.93. The minimum atomic E-state index is 0.569. The third-order valence-electron chi connectivity index (χ3n) is 2.52. The van der Waals surface area contributed by atoms with Gasteiger partial charge in [0.25, 0.3) is 0 Å². The fourth-order valence-electron chi connectivity index (χ4n) is 1.63. The van der Waals surface area contributed by atoms with Crippen LogP contribution in [-0.2, 0) is 12.8 Å². The van der Waals surface area contributed by atoms with E-state index in [-0.39, 0.29) is 0 Å². The highest BCUT2D eigenvalue weighted by Crippen LogP contribution is 2.03. The van der Waals surface area contributed by atoms with E-state index in [1.807, 2.05) is 18.3 Å². The minimum Gasteiger partial charge on any atom is -0.370 e. The van der Waals surface area contributed by atoms with E-state index in [9.17, 15) is 0 Å². The van der Waals surface area contributed by atoms with Crippen molar-refractivity contribution >= 4 is 5.82 Å². The molecule has 0 amide bonds. The first kappa shape index (κ1) is 12.4. The Bertz CT molecular complexity index is 472. The number of rotatable bonds is 6. The molecule has 0 aliphatic heterocycles. The van der Waals surface area contributed by atoms with Crippen molar-refractivity contribution in [3.05, 3.63) is 48.2 Å². The van der Waals surface area contributed by atoms with Crippen LogP contribution in [0.2, 0.25) is 0 Å². The fraction of sp³-hybridized carbons (Fsp3) is 0.308. The number of nitrogens with zero attached hydrogens (tertiary/aromatic N) is 3. The molecule has 0 atom stereocenters. The van der Waals surface area contributed by atoms with Gasteiger partial charge in [-0.15, -0.1) is 0 Å². The van der Waals surface area contributed by atoms with Crippen molar-refractivity contribution in [1.29, 1.82) is 0 Å². The predicted octanol–water partition coefficient (Wildman–Crippen LogP) is 1.03. The van der Waals surface area contributed by atoms with Crippen molar-refractivity contribution < 1.29 is 0 Å². The normalized spacial score (nSPS) is 10.3. The lowest BCUT2D eigenvalue weighted by atomic mass is 10.2. The molecule has 0 aromatic carbocycles. The van der Waals surface area contributed by atoms with Gasteiger partial charge in [0, 0.05) is 31.6 Å². The standard InChI is InChI=1S/C13H17N5/c14-6-3-12-17-9-5-13(18-12)16-8-4-11-2-1-7-15-10-11/h1-2,5,7,9-10H,3-4,6,8,14H2,(H,16,17,18). The number of hydrogen-bond donors (Lipinski definition) is 2. The zero-order valence-electron chi connectivity index (χ0n) is 10.2. The van der Waals surface area contributed by atoms with Gasteiger partial charge in [-0.3, -0.25) is 4.98 Å². The van der Waals surface area contributed by atoms with Crippen molar-refractivity contribution in [2.45, 2.75) is 12.8 Å². The molecule has 0 unspecified atom stereocenters. The number of nitrogens with two attached hydrogens (primary N) is 1. The molecule has 0 bridgehead atoms. The van der Waals surface area contributed by atoms with Crippen molar-refractivity contribution in [3.8, 4) is 0 Å². The van der Waals surface area contributed by atoms with Crippen molar-refractivity contribution in [1.82, 2.24) is 15.0 Å². The molecule has 2 aromatic rings. The van der Waals surface area contributed by atoms with E-state index in [1.54, 1.807) is 12.4 Å². The van der Waals surface area contributed by atoms with Crippen LogP contribution in [0.4, 0.5) is 5.82 Å². The Hall–Kier alpha value is -2.01. The highest BCUT2D eigenvalue weighted by molar-refractivity contribution is 5.33. The summed E-state index contributed by atoms with van der Waals surface area (Å²) in [5.41, 5.74) is 6.69. The lowest BCUT2D eigenvalue weighted by Gasteiger charge is -2.06. The topological polar surface area (TPSA) is 76.7 Å². The molecule has 0 saturated carbocycles. The van der Waals surface area contributed by atoms with Crippen molar-refractivity contribution in [2.75, 3.05) is 18.4 Å². The van der Waals surface area contributed by atoms with Gasteiger partial charge in [-0.2, -0.15) is 0 Å². The smallest absolute Gasteiger partial charge is 0.131 e. The fourth-order valence-corrected chi connectivity index (χ4v) is 1.63. The van der Waals surface area contributed by atoms with E-state index < -0.39 is 0 Å². The molecular weight excluding hydrogens is 226 g/mol. The first-order chi connectivity index (χ1) is 8.88. The average molecular weight is 243 g/mol. The molecule has 3 N–H and O–H groups in total. The Balaban J connectivity index is 1.84. The molecule has 0 spiro atoms. The number of hydrogen-bond acceptors (Lipinski definition) is 5. The lowest BCUT2D eigenvalue weighted by molar-refractivity contribution is 0.863. The maximum atomic E-state index is 5.48. The van der Waals surface area contributed by atoms with Crippen LogP contribution >= 0.6 is 0 Å². The van der Waals surface area contributed by atoms with Gasteiger partial charge in [-0.05, 0) is 30.7 Å². The number of pyridine rings is 1. The molecule has 0 saturated heterocycles. The van der Waals surface area contributed by atoms with Gasteiger partial charge in [-0.25, -0.2) is 9.97 Å². The van der Waals surface area contributed by atoms with Gasteiger partial charge in [0.05, 0.1) is 0 Å². The number of anilines is 1. The van der Waals surface area contributed by atoms with Crippen LogP contribution in [-0.4, -0.2) is 28.0 Å². The van der Waals surface area contributed by atoms with Gasteiger partial charge >= 0.3 is 0 Å². The van der Waals surface area contributed by atoms with Crippen LogP contribution < -0.4 is 11.1 Å². The summed E-state index contributed by atoms with van der Waals surface area (Å²) >= 11 is 0. The average Bonchev–Trinajstić information content (AvgIpc) is 2.41. The monoisotopic (exact) mass is 243 g/mol. The summed E-state index contributed by atoms with van der Waals surface area (Å²) in [6.07, 6.45) is 7.04. The first-order valence-electron chi connectivity index (χ1n) is 6.03. The molecule has 2 heterocycles. The molecule has 2 rings (SSSR count). The number of nitrogens with one attached hydrogen (secondary N) is 1. The highest BCUT2D eigenvalue weighted by atomic mass is 15.0. The highest BCUT2D eigenvalue weighted by Gasteiger charge is 1.98. The minimum absolute atomic E-state index is 0.569. The van der Waals surface area contributed by atoms with E-state index in [0.29, 0.717) is 13.0 Å². The van der Waals surface area contributed by atoms with Crippen LogP contribution in [0, 0.1) is 0 Å². The van der Waals surface area contributed by atoms with Crippen LogP contribution in [0.15, 0.2) is 36.8 Å². The van der Waals surface area contributed by atoms with E-state index in [2.05, 4.69) is 26.3 Å². The van der Waals surface area contributed by atoms with E-state index >= 15 is 0 Å². The second kappa shape index (κ2) is 6.66. The molecule has 5 heteroatoms. The summed E-state index contributed by atoms with van der Waals surface area (Å²) in [5.74, 6) is 1.63. The summed E-state index contributed by atoms with van der Waals surface area (Å²) in [6.45, 7) is 1.39. The van der Waals surface area contributed by atoms with Crippen LogP contribution in [0.25, 0.3) is 0 Å². The third-order valence-corrected chi connectivity index (χ3v) is 2.52. The zero-order valence-corrected chi connectivity index (χ0v) is 10.2. The van der Waals surface area contributed by atoms with Gasteiger partial charge in [0.1, 0.15) is 11.6 Å². The maximum absolute atomic E-state index is 5.48. The van der Waals surface area contributed by atoms with Gasteiger partial charge in [0.2, 0.25) is 0 Å². The van der Waals surface area contributed by atoms with E-state index in [4.69, 9.17) is 5.73 Å². The largest absolute Gasteiger partial charge is 0.370 e. The molecule has 0 radical (unpaired) electrons. The summed E-state index contributed by atoms with van der Waals surface area (Å²) in [5, 5.41) is 3.27. The molecule has 0 aliphatic carbocycles. The van der Waals surface area contributed by atoms with Crippen molar-refractivity contribution in [2.24, 2.45) is 5.73 Å². The molecule has 0 fully saturated rings. The summed E-state index contributed by atoms with van der Waals surface area (Å²) in [7, 11) is 0. The molecule has 0 aliphatic rings. The van der Waals surface area contributed by atoms with E-state index in [0.717, 1.165) is 24.6 Å². The van der Waals surface area contributed by atoms with E-state index in [1.165, 1.54) is 5.56 Å². The zero-order chi connectivity index (χ0) is 12.6. The molecular formula is C13H17N5. The van der Waals surface area contributed by atoms with Crippen molar-refractivity contribution in [3.63, 3.8) is 0 Å². The Kier molecular flexibility index (Phi) is 4.60. The van der Waals surface area contributed by atoms with Crippen LogP contribution in [0.1, 0.15) is 11.4 Å². The maximum Gasteiger partial charge on any atom is 0.131 e. The lowest BCUT2D eigenvalue weighted by Crippen LogP contribution is -2.10. The molecule has 2 aromatic heterocycles. The molecule has 18 heavy (non-hydrogen) atoms. The Morgan fingerprint density at radius 2 is 2.11 bits per heavy atom. The second-order valence-electron chi connectivity index (χ2n) is 3.93. The molecule has 5 nitrogen and oxygen atoms in total. The Morgan fingerprint density at radius 1 is 1.17 bits per heavy atom. The third kappa shape index (κ3) is 3.78. The van der Waals surface area contributed by atoms with Gasteiger partial charge < -0.3 is 11.1 Å². The van der Waals surface area contributed by atoms with Crippen LogP contribution in [0.5, 0.6) is 0 Å². The summed E-state index contributed by atoms with van der Waals surface area (Å²) < 4.78 is 0. The van der Waals surface area contributed by atoms with Gasteiger partial charge in [0.15, 0.2) is 0 Å². The SMILES string of the molecule is NCCc1nccc(NCCc2cccnc2)n1. The quantitative estimate of drug-likeness (QED) is 0.792. The van der Waals surface area contributed by atoms with Gasteiger partial charge in [-0.1, -0.05) is 6.07 Å².